The van der Waals surface area contributed by atoms with Crippen molar-refractivity contribution in [3.8, 4) is 11.4 Å². The highest BCUT2D eigenvalue weighted by atomic mass is 35.5. The molecule has 0 aliphatic carbocycles. The molecule has 2 aromatic rings. The van der Waals surface area contributed by atoms with Gasteiger partial charge in [-0.05, 0) is 26.0 Å². The Balaban J connectivity index is 1.59. The first-order valence-corrected chi connectivity index (χ1v) is 9.03. The van der Waals surface area contributed by atoms with Gasteiger partial charge in [0.15, 0.2) is 0 Å². The van der Waals surface area contributed by atoms with Gasteiger partial charge >= 0.3 is 0 Å². The van der Waals surface area contributed by atoms with Crippen LogP contribution in [0.15, 0.2) is 28.8 Å². The van der Waals surface area contributed by atoms with Crippen molar-refractivity contribution in [2.24, 2.45) is 0 Å². The first-order valence-electron chi connectivity index (χ1n) is 7.67. The lowest BCUT2D eigenvalue weighted by Crippen LogP contribution is -2.57. The minimum atomic E-state index is -0.573. The zero-order valence-corrected chi connectivity index (χ0v) is 15.3. The topological polar surface area (TPSA) is 97.1 Å². The van der Waals surface area contributed by atoms with E-state index in [9.17, 15) is 9.59 Å². The Morgan fingerprint density at radius 3 is 2.96 bits per heavy atom. The van der Waals surface area contributed by atoms with Crippen LogP contribution < -0.4 is 10.6 Å². The van der Waals surface area contributed by atoms with Crippen molar-refractivity contribution in [1.82, 2.24) is 20.8 Å². The van der Waals surface area contributed by atoms with Gasteiger partial charge < -0.3 is 15.2 Å². The van der Waals surface area contributed by atoms with Crippen LogP contribution in [0.2, 0.25) is 5.02 Å². The molecule has 1 aromatic heterocycles. The van der Waals surface area contributed by atoms with Crippen LogP contribution in [0.5, 0.6) is 0 Å². The molecule has 25 heavy (non-hydrogen) atoms. The molecule has 0 bridgehead atoms. The highest BCUT2D eigenvalue weighted by molar-refractivity contribution is 8.01. The maximum atomic E-state index is 12.2. The standard InChI is InChI=1S/C16H17ClN4O3S/c1-16(2)15(23)19-11(8-25-16)14(22)18-7-12-20-13(21-24-12)9-5-3-4-6-10(9)17/h3-6,11H,7-8H2,1-2H3,(H,18,22)(H,19,23)/t11-/m1/s1. The molecule has 1 saturated heterocycles. The number of benzene rings is 1. The second kappa shape index (κ2) is 7.05. The fraction of sp³-hybridized carbons (Fsp3) is 0.375. The van der Waals surface area contributed by atoms with Crippen LogP contribution in [0.3, 0.4) is 0 Å². The van der Waals surface area contributed by atoms with Crippen LogP contribution in [0.25, 0.3) is 11.4 Å². The van der Waals surface area contributed by atoms with Gasteiger partial charge in [0.1, 0.15) is 6.04 Å². The minimum Gasteiger partial charge on any atom is -0.345 e. The van der Waals surface area contributed by atoms with Crippen molar-refractivity contribution in [3.63, 3.8) is 0 Å². The third kappa shape index (κ3) is 3.96. The number of nitrogens with one attached hydrogen (secondary N) is 2. The molecule has 1 aromatic carbocycles. The SMILES string of the molecule is CC1(C)SC[C@H](C(=O)NCc2nc(-c3ccccc3Cl)no2)NC1=O. The molecule has 132 valence electrons. The molecule has 1 aliphatic rings. The molecule has 0 unspecified atom stereocenters. The maximum Gasteiger partial charge on any atom is 0.246 e. The Labute approximate surface area is 153 Å². The average molecular weight is 381 g/mol. The Bertz CT molecular complexity index is 808. The van der Waals surface area contributed by atoms with E-state index in [1.54, 1.807) is 12.1 Å². The van der Waals surface area contributed by atoms with E-state index in [1.165, 1.54) is 11.8 Å². The summed E-state index contributed by atoms with van der Waals surface area (Å²) in [6, 6.07) is 6.58. The number of nitrogens with zero attached hydrogens (tertiary/aromatic N) is 2. The van der Waals surface area contributed by atoms with Crippen molar-refractivity contribution in [2.75, 3.05) is 5.75 Å². The molecule has 1 aliphatic heterocycles. The van der Waals surface area contributed by atoms with E-state index in [0.717, 1.165) is 0 Å². The van der Waals surface area contributed by atoms with Gasteiger partial charge in [-0.2, -0.15) is 4.98 Å². The van der Waals surface area contributed by atoms with Crippen molar-refractivity contribution in [3.05, 3.63) is 35.2 Å². The Morgan fingerprint density at radius 2 is 2.24 bits per heavy atom. The van der Waals surface area contributed by atoms with Crippen LogP contribution in [0, 0.1) is 0 Å². The smallest absolute Gasteiger partial charge is 0.246 e. The zero-order valence-electron chi connectivity index (χ0n) is 13.7. The fourth-order valence-corrected chi connectivity index (χ4v) is 3.47. The molecule has 0 saturated carbocycles. The van der Waals surface area contributed by atoms with Gasteiger partial charge in [0, 0.05) is 11.3 Å². The van der Waals surface area contributed by atoms with Gasteiger partial charge in [-0.25, -0.2) is 0 Å². The van der Waals surface area contributed by atoms with E-state index in [1.807, 2.05) is 26.0 Å². The summed E-state index contributed by atoms with van der Waals surface area (Å²) in [5.41, 5.74) is 0.656. The van der Waals surface area contributed by atoms with Crippen molar-refractivity contribution < 1.29 is 14.1 Å². The number of halogens is 1. The van der Waals surface area contributed by atoms with E-state index in [4.69, 9.17) is 16.1 Å². The zero-order chi connectivity index (χ0) is 18.0. The molecular formula is C16H17ClN4O3S. The number of aromatic nitrogens is 2. The number of rotatable bonds is 4. The van der Waals surface area contributed by atoms with E-state index in [2.05, 4.69) is 20.8 Å². The van der Waals surface area contributed by atoms with Gasteiger partial charge in [0.05, 0.1) is 16.3 Å². The summed E-state index contributed by atoms with van der Waals surface area (Å²) in [6.45, 7) is 3.74. The summed E-state index contributed by atoms with van der Waals surface area (Å²) in [5, 5.41) is 9.82. The second-order valence-electron chi connectivity index (χ2n) is 6.06. The van der Waals surface area contributed by atoms with Crippen molar-refractivity contribution in [1.29, 1.82) is 0 Å². The molecule has 0 spiro atoms. The van der Waals surface area contributed by atoms with E-state index < -0.39 is 10.8 Å². The lowest BCUT2D eigenvalue weighted by molar-refractivity contribution is -0.129. The third-order valence-corrected chi connectivity index (χ3v) is 5.51. The van der Waals surface area contributed by atoms with Gasteiger partial charge in [0.2, 0.25) is 23.5 Å². The second-order valence-corrected chi connectivity index (χ2v) is 8.11. The van der Waals surface area contributed by atoms with Crippen LogP contribution >= 0.6 is 23.4 Å². The summed E-state index contributed by atoms with van der Waals surface area (Å²) < 4.78 is 4.62. The number of carbonyl (C=O) groups excluding carboxylic acids is 2. The molecule has 2 N–H and O–H groups in total. The van der Waals surface area contributed by atoms with E-state index in [-0.39, 0.29) is 24.2 Å². The third-order valence-electron chi connectivity index (χ3n) is 3.78. The highest BCUT2D eigenvalue weighted by Gasteiger charge is 2.37. The quantitative estimate of drug-likeness (QED) is 0.842. The molecule has 7 nitrogen and oxygen atoms in total. The summed E-state index contributed by atoms with van der Waals surface area (Å²) in [7, 11) is 0. The summed E-state index contributed by atoms with van der Waals surface area (Å²) in [4.78, 5) is 28.4. The lowest BCUT2D eigenvalue weighted by atomic mass is 10.1. The Kier molecular flexibility index (Phi) is 5.01. The lowest BCUT2D eigenvalue weighted by Gasteiger charge is -2.32. The molecule has 1 atom stereocenters. The van der Waals surface area contributed by atoms with Crippen molar-refractivity contribution in [2.45, 2.75) is 31.2 Å². The van der Waals surface area contributed by atoms with Crippen molar-refractivity contribution >= 4 is 35.2 Å². The normalized spacial score (nSPS) is 19.3. The molecule has 1 fully saturated rings. The monoisotopic (exact) mass is 380 g/mol. The van der Waals surface area contributed by atoms with Crippen LogP contribution in [0.4, 0.5) is 0 Å². The first-order chi connectivity index (χ1) is 11.9. The first kappa shape index (κ1) is 17.8. The van der Waals surface area contributed by atoms with E-state index in [0.29, 0.717) is 22.2 Å². The number of hydrogen-bond donors (Lipinski definition) is 2. The summed E-state index contributed by atoms with van der Waals surface area (Å²) in [6.07, 6.45) is 0. The number of thioether (sulfide) groups is 1. The predicted molar refractivity (Wildman–Crippen MR) is 95.1 cm³/mol. The highest BCUT2D eigenvalue weighted by Crippen LogP contribution is 2.29. The Morgan fingerprint density at radius 1 is 1.48 bits per heavy atom. The fourth-order valence-electron chi connectivity index (χ4n) is 2.24. The average Bonchev–Trinajstić information content (AvgIpc) is 3.04. The summed E-state index contributed by atoms with van der Waals surface area (Å²) in [5.74, 6) is 0.701. The molecule has 0 radical (unpaired) electrons. The number of hydrogen-bond acceptors (Lipinski definition) is 6. The minimum absolute atomic E-state index is 0.0801. The van der Waals surface area contributed by atoms with Crippen LogP contribution in [0.1, 0.15) is 19.7 Å². The van der Waals surface area contributed by atoms with Gasteiger partial charge in [-0.3, -0.25) is 9.59 Å². The molecule has 2 heterocycles. The molecule has 2 amide bonds. The van der Waals surface area contributed by atoms with Gasteiger partial charge in [-0.1, -0.05) is 28.9 Å². The number of amides is 2. The van der Waals surface area contributed by atoms with Crippen LogP contribution in [-0.4, -0.2) is 38.5 Å². The maximum absolute atomic E-state index is 12.2. The van der Waals surface area contributed by atoms with Gasteiger partial charge in [0.25, 0.3) is 0 Å². The number of carbonyl (C=O) groups is 2. The largest absolute Gasteiger partial charge is 0.345 e. The predicted octanol–water partition coefficient (Wildman–Crippen LogP) is 2.02. The molecule has 9 heteroatoms. The molecule has 3 rings (SSSR count). The van der Waals surface area contributed by atoms with Crippen LogP contribution in [-0.2, 0) is 16.1 Å². The molecular weight excluding hydrogens is 364 g/mol. The van der Waals surface area contributed by atoms with E-state index >= 15 is 0 Å². The summed E-state index contributed by atoms with van der Waals surface area (Å²) >= 11 is 7.55. The van der Waals surface area contributed by atoms with Gasteiger partial charge in [-0.15, -0.1) is 11.8 Å². The Hall–Kier alpha value is -2.06.